The van der Waals surface area contributed by atoms with Crippen LogP contribution >= 0.6 is 23.2 Å². The highest BCUT2D eigenvalue weighted by atomic mass is 35.5. The van der Waals surface area contributed by atoms with Crippen molar-refractivity contribution < 1.29 is 0 Å². The third kappa shape index (κ3) is 2.34. The third-order valence-electron chi connectivity index (χ3n) is 3.16. The molecule has 2 N–H and O–H groups in total. The Hall–Kier alpha value is -2.38. The van der Waals surface area contributed by atoms with Crippen molar-refractivity contribution in [3.63, 3.8) is 0 Å². The first-order valence-electron chi connectivity index (χ1n) is 6.43. The lowest BCUT2D eigenvalue weighted by Crippen LogP contribution is -2.03. The molecular formula is C13H9Cl2N7. The first kappa shape index (κ1) is 13.3. The van der Waals surface area contributed by atoms with Gasteiger partial charge in [0.05, 0.1) is 23.6 Å². The minimum atomic E-state index is 0.142. The number of aromatic amines is 1. The molecular weight excluding hydrogens is 325 g/mol. The maximum absolute atomic E-state index is 5.96. The lowest BCUT2D eigenvalue weighted by atomic mass is 10.4. The van der Waals surface area contributed by atoms with Crippen molar-refractivity contribution in [3.05, 3.63) is 46.9 Å². The smallest absolute Gasteiger partial charge is 0.226 e. The Kier molecular flexibility index (Phi) is 3.09. The van der Waals surface area contributed by atoms with Crippen LogP contribution in [0.15, 0.2) is 30.9 Å². The first-order chi connectivity index (χ1) is 10.7. The number of nitrogens with one attached hydrogen (secondary N) is 2. The van der Waals surface area contributed by atoms with E-state index in [2.05, 4.69) is 30.2 Å². The van der Waals surface area contributed by atoms with Gasteiger partial charge in [0, 0.05) is 12.4 Å². The van der Waals surface area contributed by atoms with Gasteiger partial charge in [-0.25, -0.2) is 9.97 Å². The van der Waals surface area contributed by atoms with Crippen LogP contribution in [0.1, 0.15) is 5.69 Å². The van der Waals surface area contributed by atoms with Crippen LogP contribution in [-0.4, -0.2) is 29.3 Å². The van der Waals surface area contributed by atoms with Crippen LogP contribution in [0.25, 0.3) is 16.8 Å². The molecule has 0 saturated heterocycles. The van der Waals surface area contributed by atoms with E-state index in [-0.39, 0.29) is 5.28 Å². The second-order valence-corrected chi connectivity index (χ2v) is 5.42. The first-order valence-corrected chi connectivity index (χ1v) is 7.18. The monoisotopic (exact) mass is 333 g/mol. The largest absolute Gasteiger partial charge is 0.362 e. The molecule has 0 unspecified atom stereocenters. The molecule has 22 heavy (non-hydrogen) atoms. The predicted octanol–water partition coefficient (Wildman–Crippen LogP) is 2.92. The second-order valence-electron chi connectivity index (χ2n) is 4.64. The Balaban J connectivity index is 1.63. The molecule has 0 aromatic carbocycles. The van der Waals surface area contributed by atoms with Gasteiger partial charge in [-0.1, -0.05) is 11.6 Å². The van der Waals surface area contributed by atoms with Crippen LogP contribution in [0.2, 0.25) is 10.3 Å². The van der Waals surface area contributed by atoms with Crippen LogP contribution in [0, 0.1) is 0 Å². The number of nitrogens with zero attached hydrogens (tertiary/aromatic N) is 5. The Morgan fingerprint density at radius 2 is 2.05 bits per heavy atom. The van der Waals surface area contributed by atoms with Crippen LogP contribution in [0.3, 0.4) is 0 Å². The van der Waals surface area contributed by atoms with E-state index in [1.54, 1.807) is 12.4 Å². The van der Waals surface area contributed by atoms with Crippen molar-refractivity contribution in [2.45, 2.75) is 6.54 Å². The summed E-state index contributed by atoms with van der Waals surface area (Å²) in [5, 5.41) is 3.99. The Morgan fingerprint density at radius 1 is 1.14 bits per heavy atom. The van der Waals surface area contributed by atoms with E-state index in [1.807, 2.05) is 22.9 Å². The average molecular weight is 334 g/mol. The molecule has 0 bridgehead atoms. The van der Waals surface area contributed by atoms with Gasteiger partial charge in [-0.05, 0) is 23.7 Å². The van der Waals surface area contributed by atoms with E-state index in [0.29, 0.717) is 28.5 Å². The quantitative estimate of drug-likeness (QED) is 0.563. The SMILES string of the molecule is Clc1ccc2nc(CNc3nc(Cl)nc4nc[nH]c34)cn2c1. The fourth-order valence-electron chi connectivity index (χ4n) is 2.21. The van der Waals surface area contributed by atoms with Gasteiger partial charge in [-0.2, -0.15) is 9.97 Å². The molecule has 0 spiro atoms. The zero-order valence-electron chi connectivity index (χ0n) is 11.1. The van der Waals surface area contributed by atoms with Crippen molar-refractivity contribution >= 4 is 45.8 Å². The molecule has 0 atom stereocenters. The van der Waals surface area contributed by atoms with E-state index in [1.165, 1.54) is 0 Å². The van der Waals surface area contributed by atoms with Crippen LogP contribution in [0.4, 0.5) is 5.82 Å². The van der Waals surface area contributed by atoms with Crippen molar-refractivity contribution in [3.8, 4) is 0 Å². The molecule has 4 aromatic heterocycles. The number of hydrogen-bond donors (Lipinski definition) is 2. The number of aromatic nitrogens is 6. The number of hydrogen-bond acceptors (Lipinski definition) is 5. The molecule has 4 heterocycles. The van der Waals surface area contributed by atoms with Gasteiger partial charge in [0.2, 0.25) is 5.28 Å². The zero-order valence-corrected chi connectivity index (χ0v) is 12.6. The second kappa shape index (κ2) is 5.11. The molecule has 0 aliphatic carbocycles. The van der Waals surface area contributed by atoms with Crippen molar-refractivity contribution in [1.29, 1.82) is 0 Å². The lowest BCUT2D eigenvalue weighted by molar-refractivity contribution is 1.05. The number of anilines is 1. The van der Waals surface area contributed by atoms with E-state index < -0.39 is 0 Å². The summed E-state index contributed by atoms with van der Waals surface area (Å²) in [5.41, 5.74) is 2.90. The van der Waals surface area contributed by atoms with Crippen LogP contribution in [-0.2, 0) is 6.54 Å². The van der Waals surface area contributed by atoms with Crippen LogP contribution in [0.5, 0.6) is 0 Å². The molecule has 7 nitrogen and oxygen atoms in total. The number of imidazole rings is 2. The summed E-state index contributed by atoms with van der Waals surface area (Å²) in [6.45, 7) is 0.487. The van der Waals surface area contributed by atoms with E-state index in [9.17, 15) is 0 Å². The van der Waals surface area contributed by atoms with E-state index in [4.69, 9.17) is 23.2 Å². The summed E-state index contributed by atoms with van der Waals surface area (Å²) in [7, 11) is 0. The summed E-state index contributed by atoms with van der Waals surface area (Å²) in [5.74, 6) is 0.586. The summed E-state index contributed by atoms with van der Waals surface area (Å²) in [4.78, 5) is 19.8. The molecule has 0 aliphatic heterocycles. The molecule has 0 fully saturated rings. The molecule has 0 aliphatic rings. The summed E-state index contributed by atoms with van der Waals surface area (Å²) in [6, 6.07) is 3.67. The van der Waals surface area contributed by atoms with E-state index in [0.717, 1.165) is 11.3 Å². The van der Waals surface area contributed by atoms with Gasteiger partial charge < -0.3 is 14.7 Å². The van der Waals surface area contributed by atoms with Gasteiger partial charge in [0.15, 0.2) is 11.5 Å². The fraction of sp³-hybridized carbons (Fsp3) is 0.0769. The van der Waals surface area contributed by atoms with Gasteiger partial charge in [0.25, 0.3) is 0 Å². The van der Waals surface area contributed by atoms with Gasteiger partial charge >= 0.3 is 0 Å². The number of halogens is 2. The number of pyridine rings is 1. The lowest BCUT2D eigenvalue weighted by Gasteiger charge is -2.04. The fourth-order valence-corrected chi connectivity index (χ4v) is 2.54. The normalized spacial score (nSPS) is 11.4. The van der Waals surface area contributed by atoms with Gasteiger partial charge in [-0.15, -0.1) is 0 Å². The third-order valence-corrected chi connectivity index (χ3v) is 3.55. The van der Waals surface area contributed by atoms with Crippen molar-refractivity contribution in [2.24, 2.45) is 0 Å². The Bertz CT molecular complexity index is 975. The van der Waals surface area contributed by atoms with Crippen molar-refractivity contribution in [1.82, 2.24) is 29.3 Å². The maximum Gasteiger partial charge on any atom is 0.226 e. The summed E-state index contributed by atoms with van der Waals surface area (Å²) < 4.78 is 1.87. The van der Waals surface area contributed by atoms with E-state index >= 15 is 0 Å². The molecule has 4 rings (SSSR count). The predicted molar refractivity (Wildman–Crippen MR) is 84.2 cm³/mol. The average Bonchev–Trinajstić information content (AvgIpc) is 3.10. The standard InChI is InChI=1S/C13H9Cl2N7/c14-7-1-2-9-19-8(5-22(9)4-7)3-16-11-10-12(18-6-17-10)21-13(15)20-11/h1-2,4-6H,3H2,(H2,16,17,18,20,21). The minimum Gasteiger partial charge on any atom is -0.362 e. The molecule has 4 aromatic rings. The summed E-state index contributed by atoms with van der Waals surface area (Å²) >= 11 is 11.9. The summed E-state index contributed by atoms with van der Waals surface area (Å²) in [6.07, 6.45) is 5.26. The highest BCUT2D eigenvalue weighted by Gasteiger charge is 2.09. The topological polar surface area (TPSA) is 83.8 Å². The van der Waals surface area contributed by atoms with Crippen molar-refractivity contribution in [2.75, 3.05) is 5.32 Å². The highest BCUT2D eigenvalue weighted by Crippen LogP contribution is 2.19. The molecule has 0 saturated carbocycles. The molecule has 0 amide bonds. The Morgan fingerprint density at radius 3 is 2.95 bits per heavy atom. The van der Waals surface area contributed by atoms with Gasteiger partial charge in [0.1, 0.15) is 11.2 Å². The number of fused-ring (bicyclic) bond motifs is 2. The molecule has 110 valence electrons. The number of rotatable bonds is 3. The minimum absolute atomic E-state index is 0.142. The molecule has 9 heteroatoms. The van der Waals surface area contributed by atoms with Crippen LogP contribution < -0.4 is 5.32 Å². The maximum atomic E-state index is 5.96. The Labute approximate surface area is 134 Å². The van der Waals surface area contributed by atoms with Gasteiger partial charge in [-0.3, -0.25) is 0 Å². The number of H-pyrrole nitrogens is 1. The highest BCUT2D eigenvalue weighted by molar-refractivity contribution is 6.30. The molecule has 0 radical (unpaired) electrons. The zero-order chi connectivity index (χ0) is 15.1.